The smallest absolute Gasteiger partial charge is 0.315 e. The summed E-state index contributed by atoms with van der Waals surface area (Å²) in [6.45, 7) is 2.20. The molecule has 1 aliphatic carbocycles. The third-order valence-electron chi connectivity index (χ3n) is 4.83. The molecule has 6 nitrogen and oxygen atoms in total. The van der Waals surface area contributed by atoms with Crippen LogP contribution in [0.5, 0.6) is 0 Å². The van der Waals surface area contributed by atoms with Crippen molar-refractivity contribution in [1.29, 1.82) is 0 Å². The largest absolute Gasteiger partial charge is 0.459 e. The Morgan fingerprint density at radius 1 is 1.19 bits per heavy atom. The van der Waals surface area contributed by atoms with Crippen LogP contribution in [-0.4, -0.2) is 24.5 Å². The molecule has 1 aliphatic rings. The predicted molar refractivity (Wildman–Crippen MR) is 101 cm³/mol. The molecule has 3 rings (SSSR count). The quantitative estimate of drug-likeness (QED) is 0.738. The fraction of sp³-hybridized carbons (Fsp3) is 0.500. The summed E-state index contributed by atoms with van der Waals surface area (Å²) in [6, 6.07) is 9.56. The number of urea groups is 1. The van der Waals surface area contributed by atoms with E-state index < -0.39 is 0 Å². The molecule has 0 aliphatic heterocycles. The zero-order valence-corrected chi connectivity index (χ0v) is 15.2. The van der Waals surface area contributed by atoms with E-state index in [9.17, 15) is 9.59 Å². The maximum atomic E-state index is 12.1. The van der Waals surface area contributed by atoms with Crippen LogP contribution in [-0.2, 0) is 4.79 Å². The standard InChI is InChI=1S/C20H27N3O3/c1-14(18-13-15-7-5-6-10-17(15)26-18)22-19(24)11-12-21-20(25)23-16-8-3-2-4-9-16/h5-7,10,13-14,16H,2-4,8-9,11-12H2,1H3,(H,22,24)(H2,21,23,25). The molecule has 0 spiro atoms. The van der Waals surface area contributed by atoms with E-state index in [1.807, 2.05) is 37.3 Å². The molecule has 1 heterocycles. The minimum absolute atomic E-state index is 0.115. The van der Waals surface area contributed by atoms with E-state index in [1.54, 1.807) is 0 Å². The summed E-state index contributed by atoms with van der Waals surface area (Å²) in [5, 5.41) is 9.66. The average molecular weight is 357 g/mol. The van der Waals surface area contributed by atoms with E-state index in [1.165, 1.54) is 19.3 Å². The van der Waals surface area contributed by atoms with Crippen molar-refractivity contribution in [3.05, 3.63) is 36.1 Å². The number of carbonyl (C=O) groups excluding carboxylic acids is 2. The van der Waals surface area contributed by atoms with Crippen LogP contribution in [0.1, 0.15) is 57.3 Å². The van der Waals surface area contributed by atoms with Crippen LogP contribution in [0.25, 0.3) is 11.0 Å². The summed E-state index contributed by atoms with van der Waals surface area (Å²) < 4.78 is 5.76. The number of furan rings is 1. The van der Waals surface area contributed by atoms with Crippen molar-refractivity contribution in [3.63, 3.8) is 0 Å². The second kappa shape index (κ2) is 8.74. The molecule has 26 heavy (non-hydrogen) atoms. The van der Waals surface area contributed by atoms with E-state index in [0.29, 0.717) is 6.54 Å². The highest BCUT2D eigenvalue weighted by molar-refractivity contribution is 5.80. The van der Waals surface area contributed by atoms with E-state index in [-0.39, 0.29) is 30.4 Å². The van der Waals surface area contributed by atoms with E-state index >= 15 is 0 Å². The first kappa shape index (κ1) is 18.3. The normalized spacial score (nSPS) is 16.2. The summed E-state index contributed by atoms with van der Waals surface area (Å²) in [4.78, 5) is 24.0. The molecular formula is C20H27N3O3. The fourth-order valence-electron chi connectivity index (χ4n) is 3.37. The van der Waals surface area contributed by atoms with Gasteiger partial charge in [-0.05, 0) is 31.9 Å². The number of para-hydroxylation sites is 1. The highest BCUT2D eigenvalue weighted by Gasteiger charge is 2.16. The maximum absolute atomic E-state index is 12.1. The molecule has 6 heteroatoms. The zero-order chi connectivity index (χ0) is 18.4. The number of hydrogen-bond donors (Lipinski definition) is 3. The van der Waals surface area contributed by atoms with Gasteiger partial charge in [0.25, 0.3) is 0 Å². The summed E-state index contributed by atoms with van der Waals surface area (Å²) in [5.74, 6) is 0.610. The van der Waals surface area contributed by atoms with Gasteiger partial charge in [0.15, 0.2) is 0 Å². The number of nitrogens with one attached hydrogen (secondary N) is 3. The van der Waals surface area contributed by atoms with Crippen molar-refractivity contribution < 1.29 is 14.0 Å². The molecule has 0 saturated heterocycles. The Bertz CT molecular complexity index is 717. The summed E-state index contributed by atoms with van der Waals surface area (Å²) >= 11 is 0. The van der Waals surface area contributed by atoms with Crippen molar-refractivity contribution in [2.75, 3.05) is 6.54 Å². The average Bonchev–Trinajstić information content (AvgIpc) is 3.07. The number of benzene rings is 1. The van der Waals surface area contributed by atoms with Gasteiger partial charge < -0.3 is 20.4 Å². The lowest BCUT2D eigenvalue weighted by Gasteiger charge is -2.22. The zero-order valence-electron chi connectivity index (χ0n) is 15.2. The van der Waals surface area contributed by atoms with Crippen LogP contribution in [0, 0.1) is 0 Å². The molecule has 1 aromatic heterocycles. The first-order valence-corrected chi connectivity index (χ1v) is 9.44. The maximum Gasteiger partial charge on any atom is 0.315 e. The number of amides is 3. The molecule has 140 valence electrons. The van der Waals surface area contributed by atoms with Crippen molar-refractivity contribution >= 4 is 22.9 Å². The molecule has 3 amide bonds. The molecule has 0 bridgehead atoms. The third-order valence-corrected chi connectivity index (χ3v) is 4.83. The molecule has 1 aromatic carbocycles. The van der Waals surface area contributed by atoms with E-state index in [4.69, 9.17) is 4.42 Å². The minimum Gasteiger partial charge on any atom is -0.459 e. The second-order valence-electron chi connectivity index (χ2n) is 6.96. The SMILES string of the molecule is CC(NC(=O)CCNC(=O)NC1CCCCC1)c1cc2ccccc2o1. The molecule has 0 radical (unpaired) electrons. The van der Waals surface area contributed by atoms with Gasteiger partial charge in [-0.2, -0.15) is 0 Å². The summed E-state index contributed by atoms with van der Waals surface area (Å²) in [7, 11) is 0. The lowest BCUT2D eigenvalue weighted by atomic mass is 9.96. The Labute approximate surface area is 153 Å². The van der Waals surface area contributed by atoms with Gasteiger partial charge in [-0.1, -0.05) is 37.5 Å². The van der Waals surface area contributed by atoms with E-state index in [2.05, 4.69) is 16.0 Å². The fourth-order valence-corrected chi connectivity index (χ4v) is 3.37. The van der Waals surface area contributed by atoms with Gasteiger partial charge in [0.2, 0.25) is 5.91 Å². The molecule has 1 atom stereocenters. The van der Waals surface area contributed by atoms with Gasteiger partial charge in [0.1, 0.15) is 11.3 Å². The lowest BCUT2D eigenvalue weighted by molar-refractivity contribution is -0.121. The van der Waals surface area contributed by atoms with Crippen LogP contribution >= 0.6 is 0 Å². The molecule has 3 N–H and O–H groups in total. The number of rotatable bonds is 6. The van der Waals surface area contributed by atoms with Gasteiger partial charge in [-0.25, -0.2) is 4.79 Å². The molecule has 2 aromatic rings. The van der Waals surface area contributed by atoms with Crippen LogP contribution in [0.15, 0.2) is 34.7 Å². The Morgan fingerprint density at radius 2 is 1.96 bits per heavy atom. The van der Waals surface area contributed by atoms with Crippen LogP contribution in [0.4, 0.5) is 4.79 Å². The van der Waals surface area contributed by atoms with Crippen LogP contribution < -0.4 is 16.0 Å². The van der Waals surface area contributed by atoms with Gasteiger partial charge in [0.05, 0.1) is 6.04 Å². The number of fused-ring (bicyclic) bond motifs is 1. The molecule has 1 fully saturated rings. The van der Waals surface area contributed by atoms with Crippen LogP contribution in [0.2, 0.25) is 0 Å². The van der Waals surface area contributed by atoms with Crippen molar-refractivity contribution in [2.24, 2.45) is 0 Å². The number of carbonyl (C=O) groups is 2. The molecular weight excluding hydrogens is 330 g/mol. The van der Waals surface area contributed by atoms with Gasteiger partial charge in [-0.15, -0.1) is 0 Å². The molecule has 1 unspecified atom stereocenters. The van der Waals surface area contributed by atoms with E-state index in [0.717, 1.165) is 29.6 Å². The van der Waals surface area contributed by atoms with Gasteiger partial charge in [0, 0.05) is 24.4 Å². The topological polar surface area (TPSA) is 83.4 Å². The first-order chi connectivity index (χ1) is 12.6. The number of hydrogen-bond acceptors (Lipinski definition) is 3. The van der Waals surface area contributed by atoms with Crippen LogP contribution in [0.3, 0.4) is 0 Å². The predicted octanol–water partition coefficient (Wildman–Crippen LogP) is 3.63. The highest BCUT2D eigenvalue weighted by Crippen LogP contribution is 2.23. The third kappa shape index (κ3) is 5.00. The Hall–Kier alpha value is -2.50. The summed E-state index contributed by atoms with van der Waals surface area (Å²) in [5.41, 5.74) is 0.810. The molecule has 1 saturated carbocycles. The lowest BCUT2D eigenvalue weighted by Crippen LogP contribution is -2.43. The Kier molecular flexibility index (Phi) is 6.15. The monoisotopic (exact) mass is 357 g/mol. The van der Waals surface area contributed by atoms with Gasteiger partial charge in [-0.3, -0.25) is 4.79 Å². The second-order valence-corrected chi connectivity index (χ2v) is 6.96. The van der Waals surface area contributed by atoms with Crippen molar-refractivity contribution in [2.45, 2.75) is 57.5 Å². The summed E-state index contributed by atoms with van der Waals surface area (Å²) in [6.07, 6.45) is 5.93. The Balaban J connectivity index is 1.38. The highest BCUT2D eigenvalue weighted by atomic mass is 16.3. The van der Waals surface area contributed by atoms with Crippen molar-refractivity contribution in [3.8, 4) is 0 Å². The van der Waals surface area contributed by atoms with Gasteiger partial charge >= 0.3 is 6.03 Å². The Morgan fingerprint density at radius 3 is 2.73 bits per heavy atom. The van der Waals surface area contributed by atoms with Crippen molar-refractivity contribution in [1.82, 2.24) is 16.0 Å². The minimum atomic E-state index is -0.217. The first-order valence-electron chi connectivity index (χ1n) is 9.44.